The van der Waals surface area contributed by atoms with Gasteiger partial charge in [-0.2, -0.15) is 0 Å². The second-order valence-corrected chi connectivity index (χ2v) is 2.34. The Morgan fingerprint density at radius 1 is 1.15 bits per heavy atom. The third-order valence-corrected chi connectivity index (χ3v) is 1.40. The van der Waals surface area contributed by atoms with Gasteiger partial charge in [-0.05, 0) is 0 Å². The average Bonchev–Trinajstić information content (AvgIpc) is 2.05. The maximum absolute atomic E-state index is 11.0. The van der Waals surface area contributed by atoms with Crippen LogP contribution in [0.4, 0.5) is 0 Å². The van der Waals surface area contributed by atoms with Crippen LogP contribution in [0.1, 0.15) is 16.8 Å². The van der Waals surface area contributed by atoms with Crippen LogP contribution in [0.15, 0.2) is 30.3 Å². The van der Waals surface area contributed by atoms with Crippen molar-refractivity contribution in [3.63, 3.8) is 0 Å². The smallest absolute Gasteiger partial charge is 0.550 e. The molecule has 1 rings (SSSR count). The molecular weight excluding hydrogens is 179 g/mol. The van der Waals surface area contributed by atoms with E-state index >= 15 is 0 Å². The first-order chi connectivity index (χ1) is 5.70. The Morgan fingerprint density at radius 2 is 1.69 bits per heavy atom. The normalized spacial score (nSPS) is 8.62. The Hall–Kier alpha value is -0.640. The van der Waals surface area contributed by atoms with Gasteiger partial charge in [0, 0.05) is 11.5 Å². The van der Waals surface area contributed by atoms with Gasteiger partial charge < -0.3 is 9.90 Å². The third-order valence-electron chi connectivity index (χ3n) is 1.40. The standard InChI is InChI=1S/C9H8O3.Na/c10-8(6-9(11)12)7-4-2-1-3-5-7;/h1-5H,6H2,(H,11,12);/q;+1/p-1. The number of hydrogen-bond donors (Lipinski definition) is 0. The van der Waals surface area contributed by atoms with Gasteiger partial charge in [-0.25, -0.2) is 0 Å². The van der Waals surface area contributed by atoms with Gasteiger partial charge in [0.2, 0.25) is 0 Å². The molecule has 0 aromatic heterocycles. The van der Waals surface area contributed by atoms with E-state index in [9.17, 15) is 14.7 Å². The molecule has 0 heterocycles. The molecule has 0 aliphatic carbocycles. The third kappa shape index (κ3) is 4.22. The van der Waals surface area contributed by atoms with E-state index < -0.39 is 18.2 Å². The van der Waals surface area contributed by atoms with Crippen LogP contribution in [0.3, 0.4) is 0 Å². The van der Waals surface area contributed by atoms with Gasteiger partial charge in [-0.15, -0.1) is 0 Å². The van der Waals surface area contributed by atoms with Gasteiger partial charge in [-0.3, -0.25) is 4.79 Å². The number of carbonyl (C=O) groups excluding carboxylic acids is 2. The summed E-state index contributed by atoms with van der Waals surface area (Å²) in [6, 6.07) is 8.28. The molecule has 0 unspecified atom stereocenters. The van der Waals surface area contributed by atoms with Crippen LogP contribution >= 0.6 is 0 Å². The van der Waals surface area contributed by atoms with Crippen molar-refractivity contribution in [2.45, 2.75) is 6.42 Å². The fraction of sp³-hybridized carbons (Fsp3) is 0.111. The maximum Gasteiger partial charge on any atom is 1.00 e. The zero-order valence-electron chi connectivity index (χ0n) is 7.32. The molecule has 0 saturated carbocycles. The summed E-state index contributed by atoms with van der Waals surface area (Å²) < 4.78 is 0. The van der Waals surface area contributed by atoms with Crippen molar-refractivity contribution < 1.29 is 44.3 Å². The molecule has 62 valence electrons. The fourth-order valence-electron chi connectivity index (χ4n) is 0.857. The molecule has 0 spiro atoms. The van der Waals surface area contributed by atoms with E-state index in [0.29, 0.717) is 5.56 Å². The summed E-state index contributed by atoms with van der Waals surface area (Å²) in [6.07, 6.45) is -0.552. The molecule has 3 nitrogen and oxygen atoms in total. The molecule has 13 heavy (non-hydrogen) atoms. The van der Waals surface area contributed by atoms with E-state index in [1.54, 1.807) is 30.3 Å². The van der Waals surface area contributed by atoms with Crippen LogP contribution in [-0.4, -0.2) is 11.8 Å². The fourth-order valence-corrected chi connectivity index (χ4v) is 0.857. The molecule has 1 aromatic rings. The van der Waals surface area contributed by atoms with Crippen molar-refractivity contribution in [1.29, 1.82) is 0 Å². The molecular formula is C9H7NaO3. The second kappa shape index (κ2) is 5.91. The molecule has 0 aliphatic rings. The first-order valence-electron chi connectivity index (χ1n) is 3.48. The quantitative estimate of drug-likeness (QED) is 0.287. The van der Waals surface area contributed by atoms with Crippen molar-refractivity contribution in [3.8, 4) is 0 Å². The molecule has 0 aliphatic heterocycles. The van der Waals surface area contributed by atoms with Gasteiger partial charge in [0.25, 0.3) is 0 Å². The summed E-state index contributed by atoms with van der Waals surface area (Å²) in [6.45, 7) is 0. The largest absolute Gasteiger partial charge is 1.00 e. The van der Waals surface area contributed by atoms with E-state index in [2.05, 4.69) is 0 Å². The van der Waals surface area contributed by atoms with Gasteiger partial charge in [0.05, 0.1) is 6.42 Å². The van der Waals surface area contributed by atoms with Crippen molar-refractivity contribution in [3.05, 3.63) is 35.9 Å². The van der Waals surface area contributed by atoms with Crippen LogP contribution in [-0.2, 0) is 4.79 Å². The SMILES string of the molecule is O=C([O-])CC(=O)c1ccccc1.[Na+]. The zero-order chi connectivity index (χ0) is 8.97. The Labute approximate surface area is 98.1 Å². The number of rotatable bonds is 3. The summed E-state index contributed by atoms with van der Waals surface area (Å²) in [4.78, 5) is 21.1. The van der Waals surface area contributed by atoms with Gasteiger partial charge in [0.1, 0.15) is 0 Å². The topological polar surface area (TPSA) is 57.2 Å². The number of carboxylic acid groups (broad SMARTS) is 1. The van der Waals surface area contributed by atoms with Gasteiger partial charge >= 0.3 is 29.6 Å². The van der Waals surface area contributed by atoms with Crippen molar-refractivity contribution in [1.82, 2.24) is 0 Å². The second-order valence-electron chi connectivity index (χ2n) is 2.34. The zero-order valence-corrected chi connectivity index (χ0v) is 9.32. The number of benzene rings is 1. The number of Topliss-reactive ketones (excluding diaryl/α,β-unsaturated/α-hetero) is 1. The van der Waals surface area contributed by atoms with Crippen LogP contribution in [0.5, 0.6) is 0 Å². The number of ketones is 1. The van der Waals surface area contributed by atoms with Crippen LogP contribution in [0, 0.1) is 0 Å². The van der Waals surface area contributed by atoms with E-state index in [1.165, 1.54) is 0 Å². The molecule has 0 saturated heterocycles. The first kappa shape index (κ1) is 12.4. The van der Waals surface area contributed by atoms with Crippen molar-refractivity contribution in [2.24, 2.45) is 0 Å². The molecule has 0 bridgehead atoms. The molecule has 1 aromatic carbocycles. The van der Waals surface area contributed by atoms with Gasteiger partial charge in [-0.1, -0.05) is 30.3 Å². The Bertz CT molecular complexity index is 295. The molecule has 0 atom stereocenters. The van der Waals surface area contributed by atoms with E-state index in [1.807, 2.05) is 0 Å². The van der Waals surface area contributed by atoms with Crippen LogP contribution < -0.4 is 34.7 Å². The minimum absolute atomic E-state index is 0. The van der Waals surface area contributed by atoms with Crippen LogP contribution in [0.2, 0.25) is 0 Å². The summed E-state index contributed by atoms with van der Waals surface area (Å²) in [5.74, 6) is -1.76. The van der Waals surface area contributed by atoms with Crippen molar-refractivity contribution >= 4 is 11.8 Å². The summed E-state index contributed by atoms with van der Waals surface area (Å²) in [7, 11) is 0. The minimum atomic E-state index is -1.34. The van der Waals surface area contributed by atoms with Gasteiger partial charge in [0.15, 0.2) is 5.78 Å². The van der Waals surface area contributed by atoms with E-state index in [4.69, 9.17) is 0 Å². The molecule has 4 heteroatoms. The maximum atomic E-state index is 11.0. The van der Waals surface area contributed by atoms with E-state index in [-0.39, 0.29) is 29.6 Å². The Kier molecular flexibility index (Phi) is 5.62. The molecule has 0 radical (unpaired) electrons. The minimum Gasteiger partial charge on any atom is -0.550 e. The number of hydrogen-bond acceptors (Lipinski definition) is 3. The van der Waals surface area contributed by atoms with Crippen molar-refractivity contribution in [2.75, 3.05) is 0 Å². The molecule has 0 amide bonds. The average molecular weight is 186 g/mol. The monoisotopic (exact) mass is 186 g/mol. The number of carboxylic acids is 1. The molecule has 0 fully saturated rings. The Morgan fingerprint density at radius 3 is 2.15 bits per heavy atom. The number of aliphatic carboxylic acids is 1. The summed E-state index contributed by atoms with van der Waals surface area (Å²) >= 11 is 0. The Balaban J connectivity index is 0.00000144. The predicted molar refractivity (Wildman–Crippen MR) is 40.4 cm³/mol. The number of carbonyl (C=O) groups is 2. The summed E-state index contributed by atoms with van der Waals surface area (Å²) in [5, 5.41) is 10.1. The van der Waals surface area contributed by atoms with Crippen LogP contribution in [0.25, 0.3) is 0 Å². The van der Waals surface area contributed by atoms with E-state index in [0.717, 1.165) is 0 Å². The predicted octanol–water partition coefficient (Wildman–Crippen LogP) is -2.99. The summed E-state index contributed by atoms with van der Waals surface area (Å²) in [5.41, 5.74) is 0.404. The first-order valence-corrected chi connectivity index (χ1v) is 3.48. The molecule has 0 N–H and O–H groups in total.